The number of carbonyl (C=O) groups is 1. The monoisotopic (exact) mass is 304 g/mol. The van der Waals surface area contributed by atoms with Crippen molar-refractivity contribution < 1.29 is 22.4 Å². The topological polar surface area (TPSA) is 55.1 Å². The van der Waals surface area contributed by atoms with E-state index in [9.17, 15) is 18.0 Å². The van der Waals surface area contributed by atoms with E-state index in [2.05, 4.69) is 14.7 Å². The molecule has 0 bridgehead atoms. The quantitative estimate of drug-likeness (QED) is 0.944. The lowest BCUT2D eigenvalue weighted by atomic mass is 10.2. The van der Waals surface area contributed by atoms with Crippen LogP contribution in [0.4, 0.5) is 18.9 Å². The summed E-state index contributed by atoms with van der Waals surface area (Å²) in [4.78, 5) is 15.4. The zero-order valence-electron chi connectivity index (χ0n) is 9.87. The maximum absolute atomic E-state index is 12.6. The number of oxazole rings is 1. The van der Waals surface area contributed by atoms with E-state index in [-0.39, 0.29) is 17.1 Å². The van der Waals surface area contributed by atoms with Crippen LogP contribution in [0.3, 0.4) is 0 Å². The zero-order valence-corrected chi connectivity index (χ0v) is 10.6. The molecule has 106 valence electrons. The summed E-state index contributed by atoms with van der Waals surface area (Å²) in [6, 6.07) is 2.70. The lowest BCUT2D eigenvalue weighted by molar-refractivity contribution is -0.137. The van der Waals surface area contributed by atoms with Crippen LogP contribution in [0.1, 0.15) is 11.3 Å². The summed E-state index contributed by atoms with van der Waals surface area (Å²) in [7, 11) is 0. The molecule has 8 heteroatoms. The van der Waals surface area contributed by atoms with Gasteiger partial charge in [0.25, 0.3) is 0 Å². The Kier molecular flexibility index (Phi) is 3.99. The van der Waals surface area contributed by atoms with Crippen molar-refractivity contribution in [2.75, 3.05) is 5.32 Å². The molecule has 0 aliphatic carbocycles. The fourth-order valence-corrected chi connectivity index (χ4v) is 1.65. The summed E-state index contributed by atoms with van der Waals surface area (Å²) >= 11 is 5.76. The van der Waals surface area contributed by atoms with E-state index in [4.69, 9.17) is 11.6 Å². The Morgan fingerprint density at radius 1 is 1.40 bits per heavy atom. The van der Waals surface area contributed by atoms with Gasteiger partial charge in [-0.25, -0.2) is 4.98 Å². The van der Waals surface area contributed by atoms with Gasteiger partial charge in [0, 0.05) is 0 Å². The molecule has 1 heterocycles. The molecule has 0 spiro atoms. The molecule has 0 aliphatic heterocycles. The van der Waals surface area contributed by atoms with Gasteiger partial charge in [0.1, 0.15) is 6.26 Å². The Morgan fingerprint density at radius 2 is 2.15 bits per heavy atom. The molecule has 0 saturated carbocycles. The highest BCUT2D eigenvalue weighted by molar-refractivity contribution is 6.33. The Labute approximate surface area is 116 Å². The number of halogens is 4. The number of hydrogen-bond donors (Lipinski definition) is 1. The number of anilines is 1. The van der Waals surface area contributed by atoms with Gasteiger partial charge in [-0.15, -0.1) is 0 Å². The molecule has 0 radical (unpaired) electrons. The summed E-state index contributed by atoms with van der Waals surface area (Å²) in [5.74, 6) is -0.542. The van der Waals surface area contributed by atoms with Crippen LogP contribution in [0, 0.1) is 0 Å². The Balaban J connectivity index is 2.14. The molecule has 1 aromatic carbocycles. The third kappa shape index (κ3) is 3.51. The Hall–Kier alpha value is -2.02. The molecule has 1 amide bonds. The van der Waals surface area contributed by atoms with E-state index in [1.165, 1.54) is 6.26 Å². The van der Waals surface area contributed by atoms with Crippen molar-refractivity contribution >= 4 is 23.2 Å². The first-order chi connectivity index (χ1) is 9.36. The smallest absolute Gasteiger partial charge is 0.416 e. The first-order valence-corrected chi connectivity index (χ1v) is 5.78. The third-order valence-electron chi connectivity index (χ3n) is 2.39. The molecular weight excluding hydrogens is 297 g/mol. The molecule has 1 aromatic heterocycles. The molecule has 0 atom stereocenters. The van der Waals surface area contributed by atoms with Crippen molar-refractivity contribution in [3.05, 3.63) is 47.1 Å². The maximum Gasteiger partial charge on any atom is 0.416 e. The summed E-state index contributed by atoms with van der Waals surface area (Å²) in [6.45, 7) is 0. The van der Waals surface area contributed by atoms with Crippen LogP contribution in [-0.4, -0.2) is 10.9 Å². The molecule has 20 heavy (non-hydrogen) atoms. The zero-order chi connectivity index (χ0) is 14.8. The molecule has 4 nitrogen and oxygen atoms in total. The van der Waals surface area contributed by atoms with E-state index >= 15 is 0 Å². The molecule has 2 aromatic rings. The minimum absolute atomic E-state index is 0.0199. The van der Waals surface area contributed by atoms with Gasteiger partial charge in [-0.2, -0.15) is 13.2 Å². The minimum atomic E-state index is -4.50. The van der Waals surface area contributed by atoms with Gasteiger partial charge >= 0.3 is 6.18 Å². The molecule has 0 saturated heterocycles. The van der Waals surface area contributed by atoms with Crippen LogP contribution in [0.25, 0.3) is 0 Å². The number of nitrogens with one attached hydrogen (secondary N) is 1. The second-order valence-electron chi connectivity index (χ2n) is 3.90. The third-order valence-corrected chi connectivity index (χ3v) is 2.72. The molecule has 0 fully saturated rings. The molecule has 0 aliphatic rings. The van der Waals surface area contributed by atoms with E-state index in [0.29, 0.717) is 5.69 Å². The summed E-state index contributed by atoms with van der Waals surface area (Å²) in [5, 5.41) is 2.33. The molecule has 0 unspecified atom stereocenters. The van der Waals surface area contributed by atoms with Crippen LogP contribution >= 0.6 is 11.6 Å². The van der Waals surface area contributed by atoms with E-state index in [1.54, 1.807) is 0 Å². The van der Waals surface area contributed by atoms with Crippen molar-refractivity contribution in [3.8, 4) is 0 Å². The van der Waals surface area contributed by atoms with E-state index < -0.39 is 17.6 Å². The predicted octanol–water partition coefficient (Wildman–Crippen LogP) is 3.53. The normalized spacial score (nSPS) is 11.4. The number of benzene rings is 1. The van der Waals surface area contributed by atoms with Crippen molar-refractivity contribution in [1.29, 1.82) is 0 Å². The molecule has 2 rings (SSSR count). The highest BCUT2D eigenvalue weighted by Gasteiger charge is 2.31. The number of nitrogens with zero attached hydrogens (tertiary/aromatic N) is 1. The van der Waals surface area contributed by atoms with Crippen molar-refractivity contribution in [2.45, 2.75) is 12.6 Å². The van der Waals surface area contributed by atoms with E-state index in [1.807, 2.05) is 0 Å². The van der Waals surface area contributed by atoms with Crippen molar-refractivity contribution in [1.82, 2.24) is 4.98 Å². The number of carbonyl (C=O) groups excluding carboxylic acids is 1. The first-order valence-electron chi connectivity index (χ1n) is 5.40. The SMILES string of the molecule is O=C(Cc1cocn1)Nc1cc(C(F)(F)F)ccc1Cl. The van der Waals surface area contributed by atoms with Crippen molar-refractivity contribution in [2.24, 2.45) is 0 Å². The van der Waals surface area contributed by atoms with Crippen LogP contribution < -0.4 is 5.32 Å². The maximum atomic E-state index is 12.6. The lowest BCUT2D eigenvalue weighted by Crippen LogP contribution is -2.15. The molecular formula is C12H8ClF3N2O2. The van der Waals surface area contributed by atoms with Crippen molar-refractivity contribution in [3.63, 3.8) is 0 Å². The second kappa shape index (κ2) is 5.54. The number of hydrogen-bond acceptors (Lipinski definition) is 3. The second-order valence-corrected chi connectivity index (χ2v) is 4.30. The van der Waals surface area contributed by atoms with Crippen LogP contribution in [0.15, 0.2) is 35.3 Å². The van der Waals surface area contributed by atoms with Gasteiger partial charge in [0.05, 0.1) is 28.4 Å². The Bertz CT molecular complexity index is 612. The number of amides is 1. The Morgan fingerprint density at radius 3 is 2.75 bits per heavy atom. The minimum Gasteiger partial charge on any atom is -0.451 e. The first kappa shape index (κ1) is 14.4. The average molecular weight is 305 g/mol. The van der Waals surface area contributed by atoms with Gasteiger partial charge in [-0.3, -0.25) is 4.79 Å². The van der Waals surface area contributed by atoms with Gasteiger partial charge in [0.15, 0.2) is 6.39 Å². The predicted molar refractivity (Wildman–Crippen MR) is 65.3 cm³/mol. The van der Waals surface area contributed by atoms with Crippen LogP contribution in [-0.2, 0) is 17.4 Å². The highest BCUT2D eigenvalue weighted by Crippen LogP contribution is 2.33. The van der Waals surface area contributed by atoms with Crippen LogP contribution in [0.2, 0.25) is 5.02 Å². The summed E-state index contributed by atoms with van der Waals surface area (Å²) in [6.07, 6.45) is -2.20. The number of aromatic nitrogens is 1. The van der Waals surface area contributed by atoms with E-state index in [0.717, 1.165) is 24.6 Å². The number of rotatable bonds is 3. The standard InChI is InChI=1S/C12H8ClF3N2O2/c13-9-2-1-7(12(14,15)16)3-10(9)18-11(19)4-8-5-20-6-17-8/h1-3,5-6H,4H2,(H,18,19). The molecule has 1 N–H and O–H groups in total. The fraction of sp³-hybridized carbons (Fsp3) is 0.167. The lowest BCUT2D eigenvalue weighted by Gasteiger charge is -2.11. The van der Waals surface area contributed by atoms with Gasteiger partial charge in [-0.05, 0) is 18.2 Å². The largest absolute Gasteiger partial charge is 0.451 e. The fourth-order valence-electron chi connectivity index (χ4n) is 1.48. The summed E-state index contributed by atoms with van der Waals surface area (Å²) in [5.41, 5.74) is -0.626. The van der Waals surface area contributed by atoms with Gasteiger partial charge < -0.3 is 9.73 Å². The van der Waals surface area contributed by atoms with Crippen LogP contribution in [0.5, 0.6) is 0 Å². The van der Waals surface area contributed by atoms with Gasteiger partial charge in [0.2, 0.25) is 5.91 Å². The number of alkyl halides is 3. The summed E-state index contributed by atoms with van der Waals surface area (Å²) < 4.78 is 42.4. The average Bonchev–Trinajstić information content (AvgIpc) is 2.83. The van der Waals surface area contributed by atoms with Gasteiger partial charge in [-0.1, -0.05) is 11.6 Å². The highest BCUT2D eigenvalue weighted by atomic mass is 35.5.